The predicted molar refractivity (Wildman–Crippen MR) is 88.1 cm³/mol. The van der Waals surface area contributed by atoms with Crippen molar-refractivity contribution in [3.05, 3.63) is 23.9 Å². The fourth-order valence-electron chi connectivity index (χ4n) is 4.04. The van der Waals surface area contributed by atoms with Crippen molar-refractivity contribution in [1.29, 1.82) is 0 Å². The number of hydrogen-bond donors (Lipinski definition) is 3. The number of pyridine rings is 1. The lowest BCUT2D eigenvalue weighted by atomic mass is 9.62. The summed E-state index contributed by atoms with van der Waals surface area (Å²) in [5.74, 6) is 1.55. The zero-order valence-electron chi connectivity index (χ0n) is 13.4. The lowest BCUT2D eigenvalue weighted by Gasteiger charge is -2.49. The average molecular weight is 315 g/mol. The topological polar surface area (TPSA) is 74.2 Å². The van der Waals surface area contributed by atoms with Gasteiger partial charge in [-0.15, -0.1) is 0 Å². The molecular formula is C18H25N3O2. The van der Waals surface area contributed by atoms with E-state index in [9.17, 15) is 9.90 Å². The maximum absolute atomic E-state index is 12.3. The zero-order valence-corrected chi connectivity index (χ0v) is 13.4. The van der Waals surface area contributed by atoms with Crippen LogP contribution < -0.4 is 10.6 Å². The van der Waals surface area contributed by atoms with Crippen LogP contribution in [0.1, 0.15) is 50.0 Å². The molecule has 0 aromatic carbocycles. The van der Waals surface area contributed by atoms with Gasteiger partial charge < -0.3 is 15.7 Å². The second-order valence-electron chi connectivity index (χ2n) is 7.47. The van der Waals surface area contributed by atoms with Gasteiger partial charge in [-0.3, -0.25) is 4.79 Å². The Kier molecular flexibility index (Phi) is 3.85. The van der Waals surface area contributed by atoms with Crippen molar-refractivity contribution in [2.45, 2.75) is 50.0 Å². The molecule has 1 aromatic rings. The minimum Gasteiger partial charge on any atom is -0.390 e. The van der Waals surface area contributed by atoms with Gasteiger partial charge >= 0.3 is 0 Å². The van der Waals surface area contributed by atoms with Crippen LogP contribution in [-0.4, -0.2) is 34.7 Å². The summed E-state index contributed by atoms with van der Waals surface area (Å²) in [5, 5.41) is 16.9. The lowest BCUT2D eigenvalue weighted by Crippen LogP contribution is -2.55. The largest absolute Gasteiger partial charge is 0.390 e. The highest BCUT2D eigenvalue weighted by atomic mass is 16.3. The number of hydrogen-bond acceptors (Lipinski definition) is 4. The standard InChI is InChI=1S/C18H25N3O2/c22-17(21-16-4-3-13(11-20-16)12-1-2-12)14-9-18(23,10-14)15-5-7-19-8-6-15/h3-4,11-12,14-15,19,23H,1-2,5-10H2,(H,20,21,22). The molecule has 23 heavy (non-hydrogen) atoms. The van der Waals surface area contributed by atoms with E-state index in [1.54, 1.807) is 0 Å². The molecule has 0 radical (unpaired) electrons. The Morgan fingerprint density at radius 2 is 1.96 bits per heavy atom. The predicted octanol–water partition coefficient (Wildman–Crippen LogP) is 2.04. The number of aliphatic hydroxyl groups is 1. The van der Waals surface area contributed by atoms with Crippen molar-refractivity contribution < 1.29 is 9.90 Å². The Morgan fingerprint density at radius 1 is 1.22 bits per heavy atom. The van der Waals surface area contributed by atoms with Crippen LogP contribution in [0.3, 0.4) is 0 Å². The van der Waals surface area contributed by atoms with E-state index in [-0.39, 0.29) is 11.8 Å². The first-order valence-corrected chi connectivity index (χ1v) is 8.84. The summed E-state index contributed by atoms with van der Waals surface area (Å²) in [6.07, 6.45) is 7.58. The van der Waals surface area contributed by atoms with Gasteiger partial charge in [0.25, 0.3) is 0 Å². The maximum Gasteiger partial charge on any atom is 0.228 e. The fourth-order valence-corrected chi connectivity index (χ4v) is 4.04. The van der Waals surface area contributed by atoms with E-state index >= 15 is 0 Å². The van der Waals surface area contributed by atoms with Gasteiger partial charge in [-0.1, -0.05) is 6.07 Å². The van der Waals surface area contributed by atoms with Crippen LogP contribution in [0.25, 0.3) is 0 Å². The quantitative estimate of drug-likeness (QED) is 0.795. The number of nitrogens with one attached hydrogen (secondary N) is 2. The van der Waals surface area contributed by atoms with Crippen LogP contribution in [0.2, 0.25) is 0 Å². The molecule has 0 atom stereocenters. The number of carbonyl (C=O) groups is 1. The molecular weight excluding hydrogens is 290 g/mol. The number of piperidine rings is 1. The van der Waals surface area contributed by atoms with Gasteiger partial charge in [-0.05, 0) is 75.1 Å². The van der Waals surface area contributed by atoms with Gasteiger partial charge in [0.05, 0.1) is 5.60 Å². The van der Waals surface area contributed by atoms with E-state index in [1.807, 2.05) is 12.3 Å². The molecule has 5 heteroatoms. The van der Waals surface area contributed by atoms with Crippen LogP contribution in [-0.2, 0) is 4.79 Å². The van der Waals surface area contributed by atoms with E-state index < -0.39 is 5.60 Å². The summed E-state index contributed by atoms with van der Waals surface area (Å²) in [7, 11) is 0. The Bertz CT molecular complexity index is 570. The summed E-state index contributed by atoms with van der Waals surface area (Å²) in [6, 6.07) is 3.95. The molecule has 1 saturated heterocycles. The van der Waals surface area contributed by atoms with E-state index in [0.717, 1.165) is 25.9 Å². The Morgan fingerprint density at radius 3 is 2.57 bits per heavy atom. The Balaban J connectivity index is 1.30. The van der Waals surface area contributed by atoms with Crippen molar-refractivity contribution >= 4 is 11.7 Å². The molecule has 1 amide bonds. The Hall–Kier alpha value is -1.46. The first kappa shape index (κ1) is 15.1. The van der Waals surface area contributed by atoms with Crippen molar-refractivity contribution in [2.75, 3.05) is 18.4 Å². The highest BCUT2D eigenvalue weighted by Crippen LogP contribution is 2.46. The van der Waals surface area contributed by atoms with E-state index in [4.69, 9.17) is 0 Å². The fraction of sp³-hybridized carbons (Fsp3) is 0.667. The smallest absolute Gasteiger partial charge is 0.228 e. The molecule has 2 saturated carbocycles. The van der Waals surface area contributed by atoms with Gasteiger partial charge in [0.1, 0.15) is 5.82 Å². The molecule has 5 nitrogen and oxygen atoms in total. The van der Waals surface area contributed by atoms with Crippen LogP contribution >= 0.6 is 0 Å². The first-order valence-electron chi connectivity index (χ1n) is 8.84. The lowest BCUT2D eigenvalue weighted by molar-refractivity contribution is -0.149. The highest BCUT2D eigenvalue weighted by Gasteiger charge is 2.50. The molecule has 0 bridgehead atoms. The van der Waals surface area contributed by atoms with Gasteiger partial charge in [0, 0.05) is 12.1 Å². The number of carbonyl (C=O) groups excluding carboxylic acids is 1. The number of aromatic nitrogens is 1. The van der Waals surface area contributed by atoms with Gasteiger partial charge in [-0.25, -0.2) is 4.98 Å². The van der Waals surface area contributed by atoms with Crippen LogP contribution in [0.5, 0.6) is 0 Å². The summed E-state index contributed by atoms with van der Waals surface area (Å²) < 4.78 is 0. The van der Waals surface area contributed by atoms with E-state index in [0.29, 0.717) is 30.5 Å². The van der Waals surface area contributed by atoms with Crippen molar-refractivity contribution in [1.82, 2.24) is 10.3 Å². The molecule has 3 N–H and O–H groups in total. The number of rotatable bonds is 4. The summed E-state index contributed by atoms with van der Waals surface area (Å²) in [4.78, 5) is 16.7. The van der Waals surface area contributed by atoms with Crippen molar-refractivity contribution in [2.24, 2.45) is 11.8 Å². The summed E-state index contributed by atoms with van der Waals surface area (Å²) in [5.41, 5.74) is 0.639. The second-order valence-corrected chi connectivity index (χ2v) is 7.47. The highest BCUT2D eigenvalue weighted by molar-refractivity contribution is 5.92. The third-order valence-corrected chi connectivity index (χ3v) is 5.76. The van der Waals surface area contributed by atoms with E-state index in [2.05, 4.69) is 21.7 Å². The first-order chi connectivity index (χ1) is 11.1. The molecule has 0 spiro atoms. The van der Waals surface area contributed by atoms with Crippen LogP contribution in [0.4, 0.5) is 5.82 Å². The molecule has 3 aliphatic rings. The van der Waals surface area contributed by atoms with Gasteiger partial charge in [0.2, 0.25) is 5.91 Å². The van der Waals surface area contributed by atoms with Crippen molar-refractivity contribution in [3.63, 3.8) is 0 Å². The molecule has 3 fully saturated rings. The van der Waals surface area contributed by atoms with Crippen molar-refractivity contribution in [3.8, 4) is 0 Å². The molecule has 124 valence electrons. The zero-order chi connectivity index (χ0) is 15.9. The molecule has 2 heterocycles. The number of nitrogens with zero attached hydrogens (tertiary/aromatic N) is 1. The number of amides is 1. The molecule has 1 aromatic heterocycles. The minimum atomic E-state index is -0.632. The minimum absolute atomic E-state index is 0.00437. The Labute approximate surface area is 136 Å². The normalized spacial score (nSPS) is 31.4. The monoisotopic (exact) mass is 315 g/mol. The number of anilines is 1. The second kappa shape index (κ2) is 5.87. The summed E-state index contributed by atoms with van der Waals surface area (Å²) >= 11 is 0. The van der Waals surface area contributed by atoms with Gasteiger partial charge in [0.15, 0.2) is 0 Å². The third-order valence-electron chi connectivity index (χ3n) is 5.76. The SMILES string of the molecule is O=C(Nc1ccc(C2CC2)cn1)C1CC(O)(C2CCNCC2)C1. The van der Waals surface area contributed by atoms with Gasteiger partial charge in [-0.2, -0.15) is 0 Å². The third kappa shape index (κ3) is 3.12. The summed E-state index contributed by atoms with van der Waals surface area (Å²) in [6.45, 7) is 1.95. The maximum atomic E-state index is 12.3. The molecule has 1 aliphatic heterocycles. The average Bonchev–Trinajstić information content (AvgIpc) is 3.38. The van der Waals surface area contributed by atoms with E-state index in [1.165, 1.54) is 18.4 Å². The molecule has 0 unspecified atom stereocenters. The van der Waals surface area contributed by atoms with Crippen LogP contribution in [0.15, 0.2) is 18.3 Å². The van der Waals surface area contributed by atoms with Crippen LogP contribution in [0, 0.1) is 11.8 Å². The molecule has 2 aliphatic carbocycles. The molecule has 4 rings (SSSR count).